The molecular weight excluding hydrogens is 344 g/mol. The second-order valence-corrected chi connectivity index (χ2v) is 8.06. The van der Waals surface area contributed by atoms with Crippen molar-refractivity contribution in [2.45, 2.75) is 25.6 Å². The first-order chi connectivity index (χ1) is 12.7. The van der Waals surface area contributed by atoms with Crippen molar-refractivity contribution in [2.24, 2.45) is 7.05 Å². The van der Waals surface area contributed by atoms with Crippen LogP contribution in [-0.4, -0.2) is 56.7 Å². The van der Waals surface area contributed by atoms with Gasteiger partial charge in [-0.05, 0) is 30.0 Å². The first kappa shape index (κ1) is 17.7. The van der Waals surface area contributed by atoms with Crippen LogP contribution in [0.5, 0.6) is 0 Å². The third kappa shape index (κ3) is 3.69. The van der Waals surface area contributed by atoms with Gasteiger partial charge in [0.2, 0.25) is 0 Å². The summed E-state index contributed by atoms with van der Waals surface area (Å²) in [4.78, 5) is 11.2. The maximum Gasteiger partial charge on any atom is 0.123 e. The van der Waals surface area contributed by atoms with Gasteiger partial charge in [0.15, 0.2) is 0 Å². The van der Waals surface area contributed by atoms with E-state index >= 15 is 0 Å². The van der Waals surface area contributed by atoms with Gasteiger partial charge >= 0.3 is 0 Å². The van der Waals surface area contributed by atoms with E-state index in [0.29, 0.717) is 6.04 Å². The molecule has 138 valence electrons. The van der Waals surface area contributed by atoms with Crippen molar-refractivity contribution in [1.82, 2.24) is 19.4 Å². The van der Waals surface area contributed by atoms with E-state index in [1.165, 1.54) is 10.4 Å². The zero-order valence-corrected chi connectivity index (χ0v) is 16.0. The third-order valence-electron chi connectivity index (χ3n) is 5.33. The molecule has 0 aliphatic carbocycles. The summed E-state index contributed by atoms with van der Waals surface area (Å²) in [5.74, 6) is 1.11. The number of para-hydroxylation sites is 2. The Labute approximate surface area is 158 Å². The second kappa shape index (κ2) is 7.88. The van der Waals surface area contributed by atoms with E-state index in [-0.39, 0.29) is 6.61 Å². The van der Waals surface area contributed by atoms with E-state index in [0.717, 1.165) is 50.5 Å². The quantitative estimate of drug-likeness (QED) is 0.725. The molecular formula is C20H26N4OS. The number of thiophene rings is 1. The Hall–Kier alpha value is -1.73. The van der Waals surface area contributed by atoms with Crippen LogP contribution in [0.2, 0.25) is 0 Å². The van der Waals surface area contributed by atoms with Crippen molar-refractivity contribution in [1.29, 1.82) is 0 Å². The van der Waals surface area contributed by atoms with Crippen LogP contribution in [0.4, 0.5) is 0 Å². The molecule has 0 amide bonds. The summed E-state index contributed by atoms with van der Waals surface area (Å²) in [6.45, 7) is 5.15. The number of rotatable bonds is 6. The fourth-order valence-electron chi connectivity index (χ4n) is 3.87. The van der Waals surface area contributed by atoms with E-state index in [1.54, 1.807) is 0 Å². The highest BCUT2D eigenvalue weighted by Gasteiger charge is 2.27. The minimum Gasteiger partial charge on any atom is -0.396 e. The molecule has 0 spiro atoms. The van der Waals surface area contributed by atoms with Gasteiger partial charge in [-0.25, -0.2) is 4.98 Å². The second-order valence-electron chi connectivity index (χ2n) is 7.03. The Morgan fingerprint density at radius 2 is 2.04 bits per heavy atom. The lowest BCUT2D eigenvalue weighted by molar-refractivity contribution is 0.0491. The monoisotopic (exact) mass is 370 g/mol. The molecule has 26 heavy (non-hydrogen) atoms. The molecule has 0 radical (unpaired) electrons. The third-order valence-corrected chi connectivity index (χ3v) is 6.20. The lowest BCUT2D eigenvalue weighted by atomic mass is 10.1. The highest BCUT2D eigenvalue weighted by molar-refractivity contribution is 7.09. The lowest BCUT2D eigenvalue weighted by Crippen LogP contribution is -2.52. The summed E-state index contributed by atoms with van der Waals surface area (Å²) in [7, 11) is 2.10. The number of fused-ring (bicyclic) bond motifs is 1. The Morgan fingerprint density at radius 3 is 2.81 bits per heavy atom. The van der Waals surface area contributed by atoms with Crippen LogP contribution in [-0.2, 0) is 20.1 Å². The summed E-state index contributed by atoms with van der Waals surface area (Å²) < 4.78 is 2.20. The molecule has 0 saturated carbocycles. The molecule has 3 aromatic rings. The van der Waals surface area contributed by atoms with Crippen LogP contribution < -0.4 is 0 Å². The smallest absolute Gasteiger partial charge is 0.123 e. The molecule has 1 unspecified atom stereocenters. The molecule has 2 aromatic heterocycles. The van der Waals surface area contributed by atoms with Crippen molar-refractivity contribution in [3.8, 4) is 0 Å². The first-order valence-electron chi connectivity index (χ1n) is 9.24. The predicted octanol–water partition coefficient (Wildman–Crippen LogP) is 2.70. The minimum atomic E-state index is 0.242. The van der Waals surface area contributed by atoms with Crippen LogP contribution in [0.3, 0.4) is 0 Å². The normalized spacial score (nSPS) is 19.4. The average molecular weight is 371 g/mol. The van der Waals surface area contributed by atoms with E-state index in [9.17, 15) is 5.11 Å². The molecule has 1 fully saturated rings. The maximum atomic E-state index is 9.52. The first-order valence-corrected chi connectivity index (χ1v) is 10.1. The molecule has 1 saturated heterocycles. The lowest BCUT2D eigenvalue weighted by Gasteiger charge is -2.41. The van der Waals surface area contributed by atoms with E-state index in [2.05, 4.69) is 57.1 Å². The summed E-state index contributed by atoms with van der Waals surface area (Å²) in [5, 5.41) is 11.7. The van der Waals surface area contributed by atoms with Crippen molar-refractivity contribution in [3.05, 3.63) is 52.5 Å². The van der Waals surface area contributed by atoms with E-state index in [1.807, 2.05) is 17.4 Å². The summed E-state index contributed by atoms with van der Waals surface area (Å²) in [6, 6.07) is 13.0. The number of aliphatic hydroxyl groups is 1. The fourth-order valence-corrected chi connectivity index (χ4v) is 4.60. The molecule has 1 atom stereocenters. The minimum absolute atomic E-state index is 0.242. The zero-order chi connectivity index (χ0) is 17.9. The number of piperazine rings is 1. The number of hydrogen-bond acceptors (Lipinski definition) is 5. The zero-order valence-electron chi connectivity index (χ0n) is 15.2. The Balaban J connectivity index is 1.45. The Kier molecular flexibility index (Phi) is 5.36. The van der Waals surface area contributed by atoms with Crippen molar-refractivity contribution in [3.63, 3.8) is 0 Å². The van der Waals surface area contributed by atoms with Gasteiger partial charge in [-0.1, -0.05) is 18.2 Å². The molecule has 5 nitrogen and oxygen atoms in total. The number of aliphatic hydroxyl groups excluding tert-OH is 1. The van der Waals surface area contributed by atoms with Crippen LogP contribution in [0.15, 0.2) is 41.8 Å². The molecule has 1 aliphatic heterocycles. The van der Waals surface area contributed by atoms with Crippen molar-refractivity contribution in [2.75, 3.05) is 26.2 Å². The molecule has 1 aliphatic rings. The summed E-state index contributed by atoms with van der Waals surface area (Å²) in [5.41, 5.74) is 2.25. The highest BCUT2D eigenvalue weighted by Crippen LogP contribution is 2.21. The average Bonchev–Trinajstić information content (AvgIpc) is 3.26. The fraction of sp³-hybridized carbons (Fsp3) is 0.450. The van der Waals surface area contributed by atoms with Gasteiger partial charge in [0.05, 0.1) is 17.6 Å². The number of hydrogen-bond donors (Lipinski definition) is 1. The topological polar surface area (TPSA) is 44.5 Å². The molecule has 4 rings (SSSR count). The molecule has 1 N–H and O–H groups in total. The van der Waals surface area contributed by atoms with Gasteiger partial charge < -0.3 is 9.67 Å². The molecule has 1 aromatic carbocycles. The highest BCUT2D eigenvalue weighted by atomic mass is 32.1. The van der Waals surface area contributed by atoms with Crippen LogP contribution in [0.25, 0.3) is 11.0 Å². The predicted molar refractivity (Wildman–Crippen MR) is 106 cm³/mol. The maximum absolute atomic E-state index is 9.52. The summed E-state index contributed by atoms with van der Waals surface area (Å²) >= 11 is 1.81. The van der Waals surface area contributed by atoms with E-state index in [4.69, 9.17) is 4.98 Å². The number of benzene rings is 1. The number of imidazole rings is 1. The van der Waals surface area contributed by atoms with Crippen LogP contribution >= 0.6 is 11.3 Å². The summed E-state index contributed by atoms with van der Waals surface area (Å²) in [6.07, 6.45) is 0.824. The van der Waals surface area contributed by atoms with Gasteiger partial charge in [-0.2, -0.15) is 0 Å². The van der Waals surface area contributed by atoms with Crippen molar-refractivity contribution >= 4 is 22.4 Å². The number of nitrogens with zero attached hydrogens (tertiary/aromatic N) is 4. The van der Waals surface area contributed by atoms with Crippen LogP contribution in [0, 0.1) is 0 Å². The van der Waals surface area contributed by atoms with Gasteiger partial charge in [0.1, 0.15) is 5.82 Å². The number of aromatic nitrogens is 2. The molecule has 3 heterocycles. The van der Waals surface area contributed by atoms with Gasteiger partial charge in [-0.3, -0.25) is 9.80 Å². The van der Waals surface area contributed by atoms with Crippen molar-refractivity contribution < 1.29 is 5.11 Å². The van der Waals surface area contributed by atoms with Gasteiger partial charge in [-0.15, -0.1) is 11.3 Å². The molecule has 0 bridgehead atoms. The SMILES string of the molecule is Cn1c(CN2CCN(Cc3cccs3)C(CCO)C2)nc2ccccc21. The standard InChI is InChI=1S/C20H26N4OS/c1-22-19-7-3-2-6-18(19)21-20(22)15-23-9-10-24(16(13-23)8-11-25)14-17-5-4-12-26-17/h2-7,12,16,25H,8-11,13-15H2,1H3. The van der Waals surface area contributed by atoms with Crippen LogP contribution in [0.1, 0.15) is 17.1 Å². The van der Waals surface area contributed by atoms with Gasteiger partial charge in [0.25, 0.3) is 0 Å². The van der Waals surface area contributed by atoms with Gasteiger partial charge in [0, 0.05) is 50.8 Å². The Morgan fingerprint density at radius 1 is 1.15 bits per heavy atom. The molecule has 6 heteroatoms. The largest absolute Gasteiger partial charge is 0.396 e. The van der Waals surface area contributed by atoms with E-state index < -0.39 is 0 Å². The number of aryl methyl sites for hydroxylation is 1. The Bertz CT molecular complexity index is 845.